The van der Waals surface area contributed by atoms with Gasteiger partial charge in [-0.05, 0) is 43.3 Å². The molecule has 0 saturated carbocycles. The first-order valence-electron chi connectivity index (χ1n) is 8.78. The van der Waals surface area contributed by atoms with Gasteiger partial charge in [0, 0.05) is 36.6 Å². The summed E-state index contributed by atoms with van der Waals surface area (Å²) in [7, 11) is 1.99. The minimum Gasteiger partial charge on any atom is -0.391 e. The van der Waals surface area contributed by atoms with Crippen molar-refractivity contribution >= 4 is 6.21 Å². The number of nitrogens with zero attached hydrogens (tertiary/aromatic N) is 1. The van der Waals surface area contributed by atoms with Crippen LogP contribution in [0.5, 0.6) is 0 Å². The van der Waals surface area contributed by atoms with E-state index in [0.29, 0.717) is 11.8 Å². The summed E-state index contributed by atoms with van der Waals surface area (Å²) < 4.78 is 0. The Hall–Kier alpha value is -1.61. The Labute approximate surface area is 141 Å². The van der Waals surface area contributed by atoms with Gasteiger partial charge in [0.25, 0.3) is 0 Å². The Kier molecular flexibility index (Phi) is 6.40. The second-order valence-electron chi connectivity index (χ2n) is 6.98. The fourth-order valence-electron chi connectivity index (χ4n) is 3.13. The van der Waals surface area contributed by atoms with Crippen LogP contribution in [0.15, 0.2) is 51.8 Å². The molecular formula is C20H31N3. The number of nitrogens with two attached hydrogens (primary N) is 1. The summed E-state index contributed by atoms with van der Waals surface area (Å²) in [6.45, 7) is 6.60. The molecule has 3 nitrogen and oxygen atoms in total. The Morgan fingerprint density at radius 2 is 2.13 bits per heavy atom. The zero-order valence-corrected chi connectivity index (χ0v) is 15.0. The van der Waals surface area contributed by atoms with Crippen LogP contribution in [0.25, 0.3) is 0 Å². The molecule has 0 saturated heterocycles. The van der Waals surface area contributed by atoms with Crippen molar-refractivity contribution in [2.24, 2.45) is 22.6 Å². The van der Waals surface area contributed by atoms with Crippen molar-refractivity contribution in [3.8, 4) is 0 Å². The average Bonchev–Trinajstić information content (AvgIpc) is 2.94. The van der Waals surface area contributed by atoms with Crippen LogP contribution in [0.4, 0.5) is 0 Å². The number of aliphatic imine (C=N–C) groups is 1. The lowest BCUT2D eigenvalue weighted by Crippen LogP contribution is -2.20. The van der Waals surface area contributed by atoms with Crippen molar-refractivity contribution in [1.82, 2.24) is 5.32 Å². The topological polar surface area (TPSA) is 50.4 Å². The van der Waals surface area contributed by atoms with Crippen LogP contribution in [0.3, 0.4) is 0 Å². The Balaban J connectivity index is 2.18. The molecule has 0 aromatic heterocycles. The molecule has 2 rings (SSSR count). The molecule has 0 radical (unpaired) electrons. The molecule has 2 aliphatic rings. The number of nitrogens with one attached hydrogen (secondary N) is 1. The summed E-state index contributed by atoms with van der Waals surface area (Å²) in [5.41, 5.74) is 11.5. The van der Waals surface area contributed by atoms with E-state index >= 15 is 0 Å². The third kappa shape index (κ3) is 4.93. The van der Waals surface area contributed by atoms with E-state index in [-0.39, 0.29) is 6.04 Å². The van der Waals surface area contributed by atoms with E-state index in [1.807, 2.05) is 13.3 Å². The van der Waals surface area contributed by atoms with Crippen LogP contribution in [0.1, 0.15) is 46.5 Å². The van der Waals surface area contributed by atoms with Gasteiger partial charge in [0.1, 0.15) is 0 Å². The summed E-state index contributed by atoms with van der Waals surface area (Å²) in [5, 5.41) is 3.24. The maximum Gasteiger partial charge on any atom is 0.0478 e. The molecule has 2 unspecified atom stereocenters. The van der Waals surface area contributed by atoms with Crippen LogP contribution >= 0.6 is 0 Å². The summed E-state index contributed by atoms with van der Waals surface area (Å²) in [5.74, 6) is 0.846. The summed E-state index contributed by atoms with van der Waals surface area (Å²) in [6.07, 6.45) is 15.1. The fraction of sp³-hybridized carbons (Fsp3) is 0.550. The molecule has 2 aliphatic carbocycles. The quantitative estimate of drug-likeness (QED) is 0.725. The van der Waals surface area contributed by atoms with Crippen LogP contribution in [-0.2, 0) is 0 Å². The van der Waals surface area contributed by atoms with Gasteiger partial charge in [-0.3, -0.25) is 4.99 Å². The van der Waals surface area contributed by atoms with Gasteiger partial charge >= 0.3 is 0 Å². The molecule has 2 atom stereocenters. The predicted molar refractivity (Wildman–Crippen MR) is 100 cm³/mol. The van der Waals surface area contributed by atoms with E-state index in [1.54, 1.807) is 0 Å². The van der Waals surface area contributed by atoms with Gasteiger partial charge in [-0.15, -0.1) is 0 Å². The molecule has 0 amide bonds. The average molecular weight is 313 g/mol. The molecule has 0 fully saturated rings. The molecule has 0 heterocycles. The molecule has 126 valence electrons. The number of hydrogen-bond donors (Lipinski definition) is 2. The highest BCUT2D eigenvalue weighted by Crippen LogP contribution is 2.31. The smallest absolute Gasteiger partial charge is 0.0478 e. The molecule has 0 aromatic carbocycles. The zero-order chi connectivity index (χ0) is 16.8. The SMILES string of the molecule is CNC1=CC=C(CC(C)C(/N=C\C(C)C)=C2\C=CCC2N)CC1. The largest absolute Gasteiger partial charge is 0.391 e. The number of hydrogen-bond acceptors (Lipinski definition) is 3. The third-order valence-corrected chi connectivity index (χ3v) is 4.49. The van der Waals surface area contributed by atoms with Gasteiger partial charge in [0.15, 0.2) is 0 Å². The number of rotatable bonds is 6. The standard InChI is InChI=1S/C20H31N3/c1-14(2)13-23-20(18-6-5-7-19(18)21)15(3)12-16-8-10-17(22-4)11-9-16/h5-6,8,10,13-15,19,22H,7,9,11-12,21H2,1-4H3/b20-18-,23-13-. The summed E-state index contributed by atoms with van der Waals surface area (Å²) >= 11 is 0. The lowest BCUT2D eigenvalue weighted by atomic mass is 9.89. The number of allylic oxidation sites excluding steroid dienone is 5. The monoisotopic (exact) mass is 313 g/mol. The maximum atomic E-state index is 6.27. The molecule has 0 aromatic rings. The van der Waals surface area contributed by atoms with Gasteiger partial charge in [-0.1, -0.05) is 44.6 Å². The lowest BCUT2D eigenvalue weighted by molar-refractivity contribution is 0.623. The van der Waals surface area contributed by atoms with E-state index < -0.39 is 0 Å². The van der Waals surface area contributed by atoms with Crippen molar-refractivity contribution in [1.29, 1.82) is 0 Å². The van der Waals surface area contributed by atoms with Gasteiger partial charge in [-0.25, -0.2) is 0 Å². The second-order valence-corrected chi connectivity index (χ2v) is 6.98. The van der Waals surface area contributed by atoms with Crippen molar-refractivity contribution in [2.75, 3.05) is 7.05 Å². The Morgan fingerprint density at radius 1 is 1.35 bits per heavy atom. The first-order chi connectivity index (χ1) is 11.0. The normalized spacial score (nSPS) is 24.9. The Bertz CT molecular complexity index is 561. The van der Waals surface area contributed by atoms with E-state index in [2.05, 4.69) is 50.4 Å². The molecule has 3 heteroatoms. The maximum absolute atomic E-state index is 6.27. The van der Waals surface area contributed by atoms with E-state index in [0.717, 1.165) is 25.7 Å². The Morgan fingerprint density at radius 3 is 2.65 bits per heavy atom. The predicted octanol–water partition coefficient (Wildman–Crippen LogP) is 4.10. The van der Waals surface area contributed by atoms with Gasteiger partial charge in [0.05, 0.1) is 0 Å². The molecule has 3 N–H and O–H groups in total. The van der Waals surface area contributed by atoms with E-state index in [4.69, 9.17) is 10.7 Å². The van der Waals surface area contributed by atoms with Gasteiger partial charge in [-0.2, -0.15) is 0 Å². The zero-order valence-electron chi connectivity index (χ0n) is 15.0. The first kappa shape index (κ1) is 17.7. The molecule has 0 spiro atoms. The van der Waals surface area contributed by atoms with Crippen molar-refractivity contribution in [3.63, 3.8) is 0 Å². The van der Waals surface area contributed by atoms with Crippen molar-refractivity contribution < 1.29 is 0 Å². The van der Waals surface area contributed by atoms with Gasteiger partial charge in [0.2, 0.25) is 0 Å². The second kappa shape index (κ2) is 8.30. The highest BCUT2D eigenvalue weighted by atomic mass is 14.8. The summed E-state index contributed by atoms with van der Waals surface area (Å²) in [4.78, 5) is 4.82. The first-order valence-corrected chi connectivity index (χ1v) is 8.78. The van der Waals surface area contributed by atoms with Gasteiger partial charge < -0.3 is 11.1 Å². The minimum atomic E-state index is 0.105. The highest BCUT2D eigenvalue weighted by molar-refractivity contribution is 5.62. The molecule has 0 aliphatic heterocycles. The third-order valence-electron chi connectivity index (χ3n) is 4.49. The van der Waals surface area contributed by atoms with Crippen molar-refractivity contribution in [3.05, 3.63) is 46.8 Å². The van der Waals surface area contributed by atoms with E-state index in [1.165, 1.54) is 22.5 Å². The molecular weight excluding hydrogens is 282 g/mol. The van der Waals surface area contributed by atoms with Crippen LogP contribution in [0.2, 0.25) is 0 Å². The van der Waals surface area contributed by atoms with Crippen molar-refractivity contribution in [2.45, 2.75) is 52.5 Å². The summed E-state index contributed by atoms with van der Waals surface area (Å²) in [6, 6.07) is 0.105. The van der Waals surface area contributed by atoms with Crippen LogP contribution < -0.4 is 11.1 Å². The highest BCUT2D eigenvalue weighted by Gasteiger charge is 2.21. The molecule has 23 heavy (non-hydrogen) atoms. The van der Waals surface area contributed by atoms with Crippen LogP contribution in [-0.4, -0.2) is 19.3 Å². The van der Waals surface area contributed by atoms with E-state index in [9.17, 15) is 0 Å². The van der Waals surface area contributed by atoms with Crippen LogP contribution in [0, 0.1) is 11.8 Å². The molecule has 0 bridgehead atoms. The fourth-order valence-corrected chi connectivity index (χ4v) is 3.13. The lowest BCUT2D eigenvalue weighted by Gasteiger charge is -2.21. The minimum absolute atomic E-state index is 0.105.